The minimum Gasteiger partial charge on any atom is -0.384 e. The fraction of sp³-hybridized carbons (Fsp3) is 0.417. The van der Waals surface area contributed by atoms with Crippen LogP contribution in [-0.4, -0.2) is 17.4 Å². The van der Waals surface area contributed by atoms with E-state index in [9.17, 15) is 9.59 Å². The van der Waals surface area contributed by atoms with Crippen molar-refractivity contribution in [1.82, 2.24) is 10.3 Å². The maximum atomic E-state index is 13.0. The number of allylic oxidation sites excluding steroid dienone is 1. The van der Waals surface area contributed by atoms with E-state index in [2.05, 4.69) is 22.2 Å². The number of carbonyl (C=O) groups excluding carboxylic acids is 1. The first kappa shape index (κ1) is 20.9. The molecular weight excluding hydrogens is 362 g/mol. The van der Waals surface area contributed by atoms with E-state index in [1.165, 1.54) is 25.7 Å². The molecule has 3 N–H and O–H groups in total. The average molecular weight is 394 g/mol. The lowest BCUT2D eigenvalue weighted by molar-refractivity contribution is 0.0950. The lowest BCUT2D eigenvalue weighted by atomic mass is 9.98. The minimum atomic E-state index is -0.202. The second-order valence-electron chi connectivity index (χ2n) is 8.17. The van der Waals surface area contributed by atoms with Crippen LogP contribution in [-0.2, 0) is 6.54 Å². The summed E-state index contributed by atoms with van der Waals surface area (Å²) in [4.78, 5) is 28.0. The number of aryl methyl sites for hydroxylation is 2. The third-order valence-corrected chi connectivity index (χ3v) is 5.71. The third-order valence-electron chi connectivity index (χ3n) is 5.71. The highest BCUT2D eigenvalue weighted by Gasteiger charge is 2.19. The molecule has 0 aliphatic heterocycles. The number of aromatic nitrogens is 1. The zero-order valence-electron chi connectivity index (χ0n) is 17.7. The van der Waals surface area contributed by atoms with Gasteiger partial charge in [0.1, 0.15) is 0 Å². The topological polar surface area (TPSA) is 74.0 Å². The van der Waals surface area contributed by atoms with E-state index in [0.717, 1.165) is 34.6 Å². The molecule has 0 atom stereocenters. The molecule has 1 heterocycles. The number of pyridine rings is 1. The minimum absolute atomic E-state index is 0.157. The molecule has 1 aliphatic rings. The van der Waals surface area contributed by atoms with Crippen LogP contribution < -0.4 is 16.2 Å². The van der Waals surface area contributed by atoms with Gasteiger partial charge in [0.25, 0.3) is 11.5 Å². The van der Waals surface area contributed by atoms with Crippen LogP contribution in [0.3, 0.4) is 0 Å². The Hall–Kier alpha value is -2.82. The first-order chi connectivity index (χ1) is 13.9. The Kier molecular flexibility index (Phi) is 6.57. The molecule has 1 amide bonds. The van der Waals surface area contributed by atoms with E-state index < -0.39 is 0 Å². The normalized spacial score (nSPS) is 14.0. The van der Waals surface area contributed by atoms with Crippen LogP contribution in [0.2, 0.25) is 0 Å². The zero-order valence-corrected chi connectivity index (χ0v) is 17.7. The van der Waals surface area contributed by atoms with Crippen LogP contribution in [0, 0.1) is 19.8 Å². The van der Waals surface area contributed by atoms with Crippen molar-refractivity contribution in [3.05, 3.63) is 69.1 Å². The molecule has 2 aromatic rings. The van der Waals surface area contributed by atoms with Gasteiger partial charge in [-0.2, -0.15) is 0 Å². The van der Waals surface area contributed by atoms with Gasteiger partial charge in [0.15, 0.2) is 0 Å². The second kappa shape index (κ2) is 9.12. The van der Waals surface area contributed by atoms with Gasteiger partial charge in [-0.05, 0) is 68.9 Å². The largest absolute Gasteiger partial charge is 0.384 e. The highest BCUT2D eigenvalue weighted by Crippen LogP contribution is 2.29. The van der Waals surface area contributed by atoms with Crippen LogP contribution >= 0.6 is 0 Å². The summed E-state index contributed by atoms with van der Waals surface area (Å²) >= 11 is 0. The molecule has 154 valence electrons. The van der Waals surface area contributed by atoms with Gasteiger partial charge < -0.3 is 15.6 Å². The molecule has 0 saturated heterocycles. The summed E-state index contributed by atoms with van der Waals surface area (Å²) < 4.78 is 0. The number of nitrogens with one attached hydrogen (secondary N) is 3. The molecule has 0 unspecified atom stereocenters. The predicted octanol–water partition coefficient (Wildman–Crippen LogP) is 4.56. The fourth-order valence-electron chi connectivity index (χ4n) is 4.18. The summed E-state index contributed by atoms with van der Waals surface area (Å²) in [6.07, 6.45) is 5.14. The maximum absolute atomic E-state index is 13.0. The van der Waals surface area contributed by atoms with Crippen LogP contribution in [0.25, 0.3) is 5.57 Å². The van der Waals surface area contributed by atoms with Crippen molar-refractivity contribution >= 4 is 17.2 Å². The molecular formula is C24H31N3O2. The standard InChI is InChI=1S/C24H31N3O2/c1-15(2)22-19(10-7-11-21(22)25-13-18-8-5-6-9-18)23(28)26-14-20-16(3)12-17(4)27-24(20)29/h7,10-12,18,25H,1,5-6,8-9,13-14H2,2-4H3,(H,26,28)(H,27,29). The Bertz CT molecular complexity index is 969. The zero-order chi connectivity index (χ0) is 21.0. The van der Waals surface area contributed by atoms with Gasteiger partial charge in [-0.15, -0.1) is 0 Å². The maximum Gasteiger partial charge on any atom is 0.253 e. The monoisotopic (exact) mass is 393 g/mol. The van der Waals surface area contributed by atoms with Crippen LogP contribution in [0.1, 0.15) is 65.3 Å². The van der Waals surface area contributed by atoms with E-state index in [0.29, 0.717) is 17.0 Å². The van der Waals surface area contributed by atoms with Gasteiger partial charge in [0.05, 0.1) is 0 Å². The summed E-state index contributed by atoms with van der Waals surface area (Å²) in [6, 6.07) is 7.62. The lowest BCUT2D eigenvalue weighted by Crippen LogP contribution is -2.28. The van der Waals surface area contributed by atoms with Gasteiger partial charge in [0.2, 0.25) is 0 Å². The summed E-state index contributed by atoms with van der Waals surface area (Å²) in [7, 11) is 0. The molecule has 1 saturated carbocycles. The Morgan fingerprint density at radius 2 is 1.97 bits per heavy atom. The summed E-state index contributed by atoms with van der Waals surface area (Å²) in [5.74, 6) is 0.494. The fourth-order valence-corrected chi connectivity index (χ4v) is 4.18. The van der Waals surface area contributed by atoms with Gasteiger partial charge in [-0.3, -0.25) is 9.59 Å². The lowest BCUT2D eigenvalue weighted by Gasteiger charge is -2.18. The highest BCUT2D eigenvalue weighted by atomic mass is 16.1. The number of carbonyl (C=O) groups is 1. The second-order valence-corrected chi connectivity index (χ2v) is 8.17. The molecule has 29 heavy (non-hydrogen) atoms. The van der Waals surface area contributed by atoms with Crippen molar-refractivity contribution in [1.29, 1.82) is 0 Å². The van der Waals surface area contributed by atoms with Gasteiger partial charge in [-0.25, -0.2) is 0 Å². The van der Waals surface area contributed by atoms with Crippen molar-refractivity contribution in [2.45, 2.75) is 53.0 Å². The molecule has 1 aliphatic carbocycles. The van der Waals surface area contributed by atoms with E-state index in [1.807, 2.05) is 45.0 Å². The molecule has 0 spiro atoms. The smallest absolute Gasteiger partial charge is 0.253 e. The first-order valence-electron chi connectivity index (χ1n) is 10.4. The number of anilines is 1. The molecule has 1 aromatic heterocycles. The quantitative estimate of drug-likeness (QED) is 0.646. The van der Waals surface area contributed by atoms with Gasteiger partial charge >= 0.3 is 0 Å². The molecule has 0 radical (unpaired) electrons. The number of hydrogen-bond donors (Lipinski definition) is 3. The van der Waals surface area contributed by atoms with Crippen LogP contribution in [0.5, 0.6) is 0 Å². The number of aromatic amines is 1. The van der Waals surface area contributed by atoms with Crippen molar-refractivity contribution in [2.75, 3.05) is 11.9 Å². The summed E-state index contributed by atoms with van der Waals surface area (Å²) in [5.41, 5.74) is 5.32. The number of amides is 1. The van der Waals surface area contributed by atoms with E-state index >= 15 is 0 Å². The average Bonchev–Trinajstić information content (AvgIpc) is 3.18. The SMILES string of the molecule is C=C(C)c1c(NCC2CCCC2)cccc1C(=O)NCc1c(C)cc(C)[nH]c1=O. The summed E-state index contributed by atoms with van der Waals surface area (Å²) in [6.45, 7) is 10.9. The molecule has 1 fully saturated rings. The Morgan fingerprint density at radius 1 is 1.24 bits per heavy atom. The van der Waals surface area contributed by atoms with Crippen LogP contribution in [0.4, 0.5) is 5.69 Å². The third kappa shape index (κ3) is 4.97. The van der Waals surface area contributed by atoms with Crippen molar-refractivity contribution in [3.63, 3.8) is 0 Å². The van der Waals surface area contributed by atoms with Crippen molar-refractivity contribution in [3.8, 4) is 0 Å². The Labute approximate surface area is 172 Å². The molecule has 5 heteroatoms. The molecule has 3 rings (SSSR count). The molecule has 0 bridgehead atoms. The van der Waals surface area contributed by atoms with Crippen molar-refractivity contribution < 1.29 is 4.79 Å². The Balaban J connectivity index is 1.78. The number of benzene rings is 1. The number of H-pyrrole nitrogens is 1. The summed E-state index contributed by atoms with van der Waals surface area (Å²) in [5, 5.41) is 6.44. The predicted molar refractivity (Wildman–Crippen MR) is 119 cm³/mol. The van der Waals surface area contributed by atoms with E-state index in [-0.39, 0.29) is 18.0 Å². The number of hydrogen-bond acceptors (Lipinski definition) is 3. The Morgan fingerprint density at radius 3 is 2.62 bits per heavy atom. The first-order valence-corrected chi connectivity index (χ1v) is 10.4. The van der Waals surface area contributed by atoms with Crippen molar-refractivity contribution in [2.24, 2.45) is 5.92 Å². The van der Waals surface area contributed by atoms with E-state index in [4.69, 9.17) is 0 Å². The molecule has 1 aromatic carbocycles. The number of rotatable bonds is 7. The molecule has 5 nitrogen and oxygen atoms in total. The van der Waals surface area contributed by atoms with E-state index in [1.54, 1.807) is 0 Å². The van der Waals surface area contributed by atoms with Gasteiger partial charge in [0, 0.05) is 41.2 Å². The highest BCUT2D eigenvalue weighted by molar-refractivity contribution is 6.01. The van der Waals surface area contributed by atoms with Gasteiger partial charge in [-0.1, -0.05) is 25.5 Å². The van der Waals surface area contributed by atoms with Crippen LogP contribution in [0.15, 0.2) is 35.6 Å².